The molecule has 0 aromatic heterocycles. The van der Waals surface area contributed by atoms with Gasteiger partial charge in [0.15, 0.2) is 0 Å². The minimum atomic E-state index is 0.817. The Kier molecular flexibility index (Phi) is 2.68. The molecule has 0 atom stereocenters. The molecule has 2 heteroatoms. The molecule has 76 valence electrons. The van der Waals surface area contributed by atoms with Crippen LogP contribution in [0.1, 0.15) is 12.5 Å². The van der Waals surface area contributed by atoms with Gasteiger partial charge >= 0.3 is 0 Å². The number of benzene rings is 2. The van der Waals surface area contributed by atoms with Gasteiger partial charge in [-0.15, -0.1) is 0 Å². The molecule has 2 nitrogen and oxygen atoms in total. The first-order chi connectivity index (χ1) is 7.31. The summed E-state index contributed by atoms with van der Waals surface area (Å²) < 4.78 is 0. The van der Waals surface area contributed by atoms with Crippen LogP contribution in [0.3, 0.4) is 0 Å². The highest BCUT2D eigenvalue weighted by molar-refractivity contribution is 5.91. The molecule has 15 heavy (non-hydrogen) atoms. The Morgan fingerprint density at radius 1 is 1.13 bits per heavy atom. The molecule has 0 saturated carbocycles. The second-order valence-corrected chi connectivity index (χ2v) is 3.68. The molecule has 2 aromatic rings. The van der Waals surface area contributed by atoms with Crippen molar-refractivity contribution in [1.29, 1.82) is 0 Å². The van der Waals surface area contributed by atoms with Crippen LogP contribution in [0.4, 0.5) is 0 Å². The summed E-state index contributed by atoms with van der Waals surface area (Å²) in [5.74, 6) is 5.25. The van der Waals surface area contributed by atoms with Gasteiger partial charge in [0.25, 0.3) is 0 Å². The molecule has 0 unspecified atom stereocenters. The van der Waals surface area contributed by atoms with Crippen LogP contribution in [0, 0.1) is 0 Å². The zero-order valence-corrected chi connectivity index (χ0v) is 8.77. The van der Waals surface area contributed by atoms with E-state index in [9.17, 15) is 0 Å². The van der Waals surface area contributed by atoms with E-state index in [2.05, 4.69) is 47.6 Å². The van der Waals surface area contributed by atoms with E-state index in [0.717, 1.165) is 12.1 Å². The fraction of sp³-hybridized carbons (Fsp3) is 0.154. The van der Waals surface area contributed by atoms with Crippen molar-refractivity contribution < 1.29 is 0 Å². The minimum Gasteiger partial charge on any atom is -0.323 e. The van der Waals surface area contributed by atoms with Gasteiger partial charge in [-0.1, -0.05) is 42.5 Å². The van der Waals surface area contributed by atoms with Crippen LogP contribution in [0.5, 0.6) is 0 Å². The van der Waals surface area contributed by atoms with Crippen molar-refractivity contribution >= 4 is 16.5 Å². The van der Waals surface area contributed by atoms with E-state index in [4.69, 9.17) is 5.84 Å². The lowest BCUT2D eigenvalue weighted by Crippen LogP contribution is -2.01. The summed E-state index contributed by atoms with van der Waals surface area (Å²) in [5, 5.41) is 6.25. The van der Waals surface area contributed by atoms with Gasteiger partial charge in [-0.05, 0) is 23.3 Å². The molecule has 0 heterocycles. The fourth-order valence-corrected chi connectivity index (χ4v) is 1.77. The van der Waals surface area contributed by atoms with Crippen LogP contribution in [0.2, 0.25) is 0 Å². The Balaban J connectivity index is 2.51. The highest BCUT2D eigenvalue weighted by Crippen LogP contribution is 2.18. The molecule has 0 aliphatic carbocycles. The highest BCUT2D eigenvalue weighted by atomic mass is 15.1. The monoisotopic (exact) mass is 198 g/mol. The van der Waals surface area contributed by atoms with Gasteiger partial charge in [-0.3, -0.25) is 0 Å². The molecule has 2 N–H and O–H groups in total. The van der Waals surface area contributed by atoms with Gasteiger partial charge in [0.05, 0.1) is 0 Å². The van der Waals surface area contributed by atoms with Crippen LogP contribution in [0.15, 0.2) is 47.6 Å². The van der Waals surface area contributed by atoms with Gasteiger partial charge in [0.1, 0.15) is 0 Å². The van der Waals surface area contributed by atoms with Gasteiger partial charge in [-0.25, -0.2) is 0 Å². The Morgan fingerprint density at radius 2 is 1.87 bits per heavy atom. The third-order valence-electron chi connectivity index (χ3n) is 2.55. The number of nitrogens with zero attached hydrogens (tertiary/aromatic N) is 1. The van der Waals surface area contributed by atoms with Crippen molar-refractivity contribution in [3.8, 4) is 0 Å². The molecule has 0 saturated heterocycles. The van der Waals surface area contributed by atoms with Crippen LogP contribution >= 0.6 is 0 Å². The van der Waals surface area contributed by atoms with Crippen LogP contribution in [-0.2, 0) is 6.42 Å². The van der Waals surface area contributed by atoms with Crippen molar-refractivity contribution in [3.63, 3.8) is 0 Å². The second-order valence-electron chi connectivity index (χ2n) is 3.68. The average Bonchev–Trinajstić information content (AvgIpc) is 2.29. The molecule has 0 amide bonds. The summed E-state index contributed by atoms with van der Waals surface area (Å²) in [5.41, 5.74) is 2.23. The largest absolute Gasteiger partial charge is 0.323 e. The van der Waals surface area contributed by atoms with E-state index in [0.29, 0.717) is 0 Å². The van der Waals surface area contributed by atoms with Crippen molar-refractivity contribution in [1.82, 2.24) is 0 Å². The predicted molar refractivity (Wildman–Crippen MR) is 64.9 cm³/mol. The molecule has 2 aromatic carbocycles. The van der Waals surface area contributed by atoms with E-state index < -0.39 is 0 Å². The first kappa shape index (κ1) is 9.71. The molecule has 0 aliphatic rings. The summed E-state index contributed by atoms with van der Waals surface area (Å²) >= 11 is 0. The van der Waals surface area contributed by atoms with Crippen LogP contribution in [0.25, 0.3) is 10.8 Å². The molecular formula is C13H14N2. The van der Waals surface area contributed by atoms with Crippen LogP contribution in [-0.4, -0.2) is 5.71 Å². The van der Waals surface area contributed by atoms with E-state index >= 15 is 0 Å². The van der Waals surface area contributed by atoms with Crippen molar-refractivity contribution in [2.24, 2.45) is 10.9 Å². The van der Waals surface area contributed by atoms with Gasteiger partial charge < -0.3 is 5.84 Å². The SMILES string of the molecule is C/C(Cc1cccc2ccccc12)=N\N. The lowest BCUT2D eigenvalue weighted by atomic mass is 10.0. The van der Waals surface area contributed by atoms with Gasteiger partial charge in [0.2, 0.25) is 0 Å². The Labute approximate surface area is 89.4 Å². The smallest absolute Gasteiger partial charge is 0.0389 e. The summed E-state index contributed by atoms with van der Waals surface area (Å²) in [6.07, 6.45) is 0.817. The van der Waals surface area contributed by atoms with Gasteiger partial charge in [-0.2, -0.15) is 5.10 Å². The zero-order chi connectivity index (χ0) is 10.7. The quantitative estimate of drug-likeness (QED) is 0.449. The maximum Gasteiger partial charge on any atom is 0.0389 e. The highest BCUT2D eigenvalue weighted by Gasteiger charge is 2.01. The first-order valence-corrected chi connectivity index (χ1v) is 5.01. The van der Waals surface area contributed by atoms with Crippen molar-refractivity contribution in [2.75, 3.05) is 0 Å². The second kappa shape index (κ2) is 4.13. The maximum absolute atomic E-state index is 5.25. The minimum absolute atomic E-state index is 0.817. The van der Waals surface area contributed by atoms with Gasteiger partial charge in [0, 0.05) is 12.1 Å². The lowest BCUT2D eigenvalue weighted by molar-refractivity contribution is 1.19. The van der Waals surface area contributed by atoms with E-state index in [1.165, 1.54) is 16.3 Å². The van der Waals surface area contributed by atoms with E-state index in [-0.39, 0.29) is 0 Å². The normalized spacial score (nSPS) is 11.9. The Bertz CT molecular complexity index is 495. The standard InChI is InChI=1S/C13H14N2/c1-10(15-14)9-12-7-4-6-11-5-2-3-8-13(11)12/h2-8H,9,14H2,1H3/b15-10+. The number of hydrogen-bond donors (Lipinski definition) is 1. The number of rotatable bonds is 2. The van der Waals surface area contributed by atoms with Crippen LogP contribution < -0.4 is 5.84 Å². The molecule has 2 rings (SSSR count). The summed E-state index contributed by atoms with van der Waals surface area (Å²) in [4.78, 5) is 0. The third kappa shape index (κ3) is 1.99. The maximum atomic E-state index is 5.25. The molecule has 0 aliphatic heterocycles. The van der Waals surface area contributed by atoms with E-state index in [1.807, 2.05) is 6.92 Å². The average molecular weight is 198 g/mol. The molecular weight excluding hydrogens is 184 g/mol. The molecule has 0 fully saturated rings. The molecule has 0 bridgehead atoms. The number of nitrogens with two attached hydrogens (primary N) is 1. The zero-order valence-electron chi connectivity index (χ0n) is 8.77. The predicted octanol–water partition coefficient (Wildman–Crippen LogP) is 2.72. The molecule has 0 spiro atoms. The summed E-state index contributed by atoms with van der Waals surface area (Å²) in [7, 11) is 0. The number of fused-ring (bicyclic) bond motifs is 1. The Hall–Kier alpha value is -1.83. The number of hydrogen-bond acceptors (Lipinski definition) is 2. The fourth-order valence-electron chi connectivity index (χ4n) is 1.77. The van der Waals surface area contributed by atoms with Crippen molar-refractivity contribution in [3.05, 3.63) is 48.0 Å². The Morgan fingerprint density at radius 3 is 2.67 bits per heavy atom. The number of hydrazone groups is 1. The van der Waals surface area contributed by atoms with E-state index in [1.54, 1.807) is 0 Å². The topological polar surface area (TPSA) is 38.4 Å². The summed E-state index contributed by atoms with van der Waals surface area (Å²) in [6.45, 7) is 1.95. The third-order valence-corrected chi connectivity index (χ3v) is 2.55. The van der Waals surface area contributed by atoms with Crippen molar-refractivity contribution in [2.45, 2.75) is 13.3 Å². The lowest BCUT2D eigenvalue weighted by Gasteiger charge is -2.05. The summed E-state index contributed by atoms with van der Waals surface area (Å²) in [6, 6.07) is 14.7. The molecule has 0 radical (unpaired) electrons. The first-order valence-electron chi connectivity index (χ1n) is 5.01.